The molecule has 0 aromatic carbocycles. The molecule has 1 fully saturated rings. The molecule has 21 heavy (non-hydrogen) atoms. The number of fused-ring (bicyclic) bond motifs is 1. The zero-order chi connectivity index (χ0) is 14.7. The Bertz CT molecular complexity index is 589. The summed E-state index contributed by atoms with van der Waals surface area (Å²) >= 11 is 0. The van der Waals surface area contributed by atoms with Crippen LogP contribution in [0, 0.1) is 5.92 Å². The van der Waals surface area contributed by atoms with Crippen molar-refractivity contribution in [3.63, 3.8) is 0 Å². The maximum Gasteiger partial charge on any atom is 0.226 e. The molecule has 1 saturated carbocycles. The number of amides is 1. The number of imidazole rings is 1. The van der Waals surface area contributed by atoms with Crippen LogP contribution in [0.15, 0.2) is 30.6 Å². The van der Waals surface area contributed by atoms with Gasteiger partial charge in [-0.15, -0.1) is 0 Å². The molecule has 0 radical (unpaired) electrons. The molecule has 3 rings (SSSR count). The lowest BCUT2D eigenvalue weighted by Crippen LogP contribution is -2.45. The van der Waals surface area contributed by atoms with E-state index < -0.39 is 0 Å². The summed E-state index contributed by atoms with van der Waals surface area (Å²) in [5.41, 5.74) is 7.48. The lowest BCUT2D eigenvalue weighted by Gasteiger charge is -2.31. The second-order valence-corrected chi connectivity index (χ2v) is 5.83. The Hall–Kier alpha value is -1.88. The monoisotopic (exact) mass is 286 g/mol. The van der Waals surface area contributed by atoms with Crippen LogP contribution in [0.25, 0.3) is 5.65 Å². The Morgan fingerprint density at radius 2 is 2.24 bits per heavy atom. The lowest BCUT2D eigenvalue weighted by atomic mass is 9.84. The molecule has 2 atom stereocenters. The second kappa shape index (κ2) is 6.26. The number of carbonyl (C=O) groups is 1. The highest BCUT2D eigenvalue weighted by Crippen LogP contribution is 2.23. The number of carbonyl (C=O) groups excluding carboxylic acids is 1. The van der Waals surface area contributed by atoms with Gasteiger partial charge >= 0.3 is 0 Å². The average molecular weight is 286 g/mol. The predicted octanol–water partition coefficient (Wildman–Crippen LogP) is 1.51. The number of hydrogen-bond donors (Lipinski definition) is 2. The van der Waals surface area contributed by atoms with Gasteiger partial charge in [0, 0.05) is 18.4 Å². The third-order valence-corrected chi connectivity index (χ3v) is 4.31. The van der Waals surface area contributed by atoms with E-state index in [9.17, 15) is 4.79 Å². The fourth-order valence-corrected chi connectivity index (χ4v) is 3.17. The van der Waals surface area contributed by atoms with Crippen molar-refractivity contribution in [2.75, 3.05) is 6.54 Å². The number of aromatic nitrogens is 2. The first-order valence-corrected chi connectivity index (χ1v) is 7.68. The fraction of sp³-hybridized carbons (Fsp3) is 0.500. The number of rotatable bonds is 4. The van der Waals surface area contributed by atoms with Gasteiger partial charge in [0.2, 0.25) is 5.91 Å². The van der Waals surface area contributed by atoms with Crippen LogP contribution in [0.5, 0.6) is 0 Å². The number of hydrogen-bond acceptors (Lipinski definition) is 3. The van der Waals surface area contributed by atoms with Gasteiger partial charge in [0.15, 0.2) is 0 Å². The van der Waals surface area contributed by atoms with Crippen LogP contribution < -0.4 is 11.1 Å². The highest BCUT2D eigenvalue weighted by Gasteiger charge is 2.25. The van der Waals surface area contributed by atoms with Crippen molar-refractivity contribution >= 4 is 11.6 Å². The average Bonchev–Trinajstić information content (AvgIpc) is 2.89. The molecule has 2 heterocycles. The minimum atomic E-state index is 0.0451. The van der Waals surface area contributed by atoms with Crippen molar-refractivity contribution in [2.45, 2.75) is 38.1 Å². The zero-order valence-corrected chi connectivity index (χ0v) is 12.2. The van der Waals surface area contributed by atoms with Crippen LogP contribution in [0.3, 0.4) is 0 Å². The summed E-state index contributed by atoms with van der Waals surface area (Å²) in [6.07, 6.45) is 8.74. The van der Waals surface area contributed by atoms with Crippen molar-refractivity contribution in [3.8, 4) is 0 Å². The Labute approximate surface area is 124 Å². The van der Waals surface area contributed by atoms with Gasteiger partial charge in [-0.25, -0.2) is 4.98 Å². The number of nitrogens with two attached hydrogens (primary N) is 1. The van der Waals surface area contributed by atoms with Crippen LogP contribution in [0.2, 0.25) is 0 Å². The van der Waals surface area contributed by atoms with Crippen LogP contribution in [0.1, 0.15) is 31.4 Å². The van der Waals surface area contributed by atoms with Crippen molar-refractivity contribution in [1.82, 2.24) is 14.7 Å². The third-order valence-electron chi connectivity index (χ3n) is 4.31. The largest absolute Gasteiger partial charge is 0.353 e. The normalized spacial score (nSPS) is 22.3. The predicted molar refractivity (Wildman–Crippen MR) is 81.8 cm³/mol. The molecular formula is C16H22N4O. The van der Waals surface area contributed by atoms with Gasteiger partial charge in [-0.05, 0) is 37.4 Å². The molecule has 0 spiro atoms. The summed E-state index contributed by atoms with van der Waals surface area (Å²) in [6.45, 7) is 0.652. The topological polar surface area (TPSA) is 72.4 Å². The first-order chi connectivity index (χ1) is 10.3. The van der Waals surface area contributed by atoms with Crippen molar-refractivity contribution in [2.24, 2.45) is 11.7 Å². The van der Waals surface area contributed by atoms with Crippen LogP contribution in [-0.2, 0) is 11.2 Å². The molecule has 3 N–H and O–H groups in total. The van der Waals surface area contributed by atoms with E-state index in [-0.39, 0.29) is 11.9 Å². The molecule has 2 aromatic rings. The zero-order valence-electron chi connectivity index (χ0n) is 12.2. The maximum absolute atomic E-state index is 12.2. The first kappa shape index (κ1) is 14.1. The van der Waals surface area contributed by atoms with Gasteiger partial charge in [0.05, 0.1) is 12.1 Å². The first-order valence-electron chi connectivity index (χ1n) is 7.68. The summed E-state index contributed by atoms with van der Waals surface area (Å²) in [5.74, 6) is 0.465. The van der Waals surface area contributed by atoms with Gasteiger partial charge in [-0.1, -0.05) is 18.9 Å². The van der Waals surface area contributed by atoms with Crippen molar-refractivity contribution in [3.05, 3.63) is 36.3 Å². The summed E-state index contributed by atoms with van der Waals surface area (Å²) in [5, 5.41) is 3.14. The molecular weight excluding hydrogens is 264 g/mol. The summed E-state index contributed by atoms with van der Waals surface area (Å²) in [4.78, 5) is 16.7. The molecule has 112 valence electrons. The minimum absolute atomic E-state index is 0.0451. The van der Waals surface area contributed by atoms with Gasteiger partial charge in [0.25, 0.3) is 0 Å². The Morgan fingerprint density at radius 1 is 1.38 bits per heavy atom. The van der Waals surface area contributed by atoms with E-state index in [1.165, 1.54) is 12.8 Å². The summed E-state index contributed by atoms with van der Waals surface area (Å²) < 4.78 is 1.94. The Kier molecular flexibility index (Phi) is 4.20. The molecule has 2 unspecified atom stereocenters. The van der Waals surface area contributed by atoms with E-state index in [4.69, 9.17) is 5.73 Å². The number of nitrogens with zero attached hydrogens (tertiary/aromatic N) is 2. The summed E-state index contributed by atoms with van der Waals surface area (Å²) in [7, 11) is 0. The van der Waals surface area contributed by atoms with Gasteiger partial charge in [-0.3, -0.25) is 4.79 Å². The van der Waals surface area contributed by atoms with Crippen LogP contribution in [-0.4, -0.2) is 27.9 Å². The highest BCUT2D eigenvalue weighted by molar-refractivity contribution is 5.78. The van der Waals surface area contributed by atoms with E-state index in [1.54, 1.807) is 0 Å². The van der Waals surface area contributed by atoms with Crippen molar-refractivity contribution < 1.29 is 4.79 Å². The number of nitrogens with one attached hydrogen (secondary N) is 1. The smallest absolute Gasteiger partial charge is 0.226 e. The van der Waals surface area contributed by atoms with E-state index in [0.29, 0.717) is 18.9 Å². The molecule has 1 aliphatic rings. The van der Waals surface area contributed by atoms with E-state index in [1.807, 2.05) is 35.0 Å². The maximum atomic E-state index is 12.2. The summed E-state index contributed by atoms with van der Waals surface area (Å²) in [6, 6.07) is 6.06. The standard InChI is InChI=1S/C16H22N4O/c17-10-12-5-1-2-6-14(12)19-16(21)9-13-11-20-8-4-3-7-15(20)18-13/h3-4,7-8,11-12,14H,1-2,5-6,9-10,17H2,(H,19,21). The van der Waals surface area contributed by atoms with E-state index in [2.05, 4.69) is 10.3 Å². The molecule has 2 aromatic heterocycles. The molecule has 5 nitrogen and oxygen atoms in total. The van der Waals surface area contributed by atoms with E-state index >= 15 is 0 Å². The minimum Gasteiger partial charge on any atom is -0.353 e. The second-order valence-electron chi connectivity index (χ2n) is 5.83. The van der Waals surface area contributed by atoms with Gasteiger partial charge in [-0.2, -0.15) is 0 Å². The SMILES string of the molecule is NCC1CCCCC1NC(=O)Cc1cn2ccccc2n1. The van der Waals surface area contributed by atoms with Crippen LogP contribution >= 0.6 is 0 Å². The van der Waals surface area contributed by atoms with Crippen LogP contribution in [0.4, 0.5) is 0 Å². The molecule has 0 bridgehead atoms. The van der Waals surface area contributed by atoms with Gasteiger partial charge < -0.3 is 15.5 Å². The quantitative estimate of drug-likeness (QED) is 0.895. The lowest BCUT2D eigenvalue weighted by molar-refractivity contribution is -0.121. The van der Waals surface area contributed by atoms with Gasteiger partial charge in [0.1, 0.15) is 5.65 Å². The highest BCUT2D eigenvalue weighted by atomic mass is 16.1. The van der Waals surface area contributed by atoms with Crippen molar-refractivity contribution in [1.29, 1.82) is 0 Å². The molecule has 5 heteroatoms. The Balaban J connectivity index is 1.63. The molecule has 0 saturated heterocycles. The number of pyridine rings is 1. The molecule has 1 aliphatic carbocycles. The third kappa shape index (κ3) is 3.24. The molecule has 1 amide bonds. The van der Waals surface area contributed by atoms with E-state index in [0.717, 1.165) is 24.2 Å². The fourth-order valence-electron chi connectivity index (χ4n) is 3.17. The Morgan fingerprint density at radius 3 is 3.05 bits per heavy atom. The molecule has 0 aliphatic heterocycles.